The quantitative estimate of drug-likeness (QED) is 0.868. The maximum atomic E-state index is 12.1. The Morgan fingerprint density at radius 2 is 1.48 bits per heavy atom. The molecule has 2 heteroatoms. The zero-order valence-electron chi connectivity index (χ0n) is 13.6. The zero-order chi connectivity index (χ0) is 15.9. The summed E-state index contributed by atoms with van der Waals surface area (Å²) in [6, 6.07) is 21.3. The average molecular weight is 307 g/mol. The van der Waals surface area contributed by atoms with Crippen molar-refractivity contribution in [1.29, 1.82) is 0 Å². The highest BCUT2D eigenvalue weighted by Gasteiger charge is 2.23. The standard InChI is InChI=1S/C21H25NO/c23-21(16-11-17-7-3-1-4-8-17)22-20-14-12-19(13-15-20)18-9-5-2-6-10-18/h1-10,19-20H,11-16H2,(H,22,23). The number of nitrogens with one attached hydrogen (secondary N) is 1. The van der Waals surface area contributed by atoms with Crippen LogP contribution in [0.25, 0.3) is 0 Å². The predicted molar refractivity (Wildman–Crippen MR) is 94.3 cm³/mol. The highest BCUT2D eigenvalue weighted by atomic mass is 16.1. The molecule has 0 bridgehead atoms. The molecule has 0 unspecified atom stereocenters. The van der Waals surface area contributed by atoms with Crippen LogP contribution in [0.15, 0.2) is 60.7 Å². The van der Waals surface area contributed by atoms with Gasteiger partial charge in [0.25, 0.3) is 0 Å². The molecule has 1 aliphatic carbocycles. The number of hydrogen-bond donors (Lipinski definition) is 1. The molecule has 0 radical (unpaired) electrons. The van der Waals surface area contributed by atoms with Gasteiger partial charge in [-0.25, -0.2) is 0 Å². The monoisotopic (exact) mass is 307 g/mol. The molecule has 23 heavy (non-hydrogen) atoms. The van der Waals surface area contributed by atoms with Gasteiger partial charge in [-0.15, -0.1) is 0 Å². The molecule has 0 spiro atoms. The third-order valence-electron chi connectivity index (χ3n) is 4.85. The first-order valence-electron chi connectivity index (χ1n) is 8.69. The van der Waals surface area contributed by atoms with Gasteiger partial charge in [0.2, 0.25) is 5.91 Å². The van der Waals surface area contributed by atoms with Crippen LogP contribution in [0.3, 0.4) is 0 Å². The van der Waals surface area contributed by atoms with E-state index in [1.165, 1.54) is 24.0 Å². The molecular formula is C21H25NO. The molecule has 1 aliphatic rings. The number of rotatable bonds is 5. The zero-order valence-corrected chi connectivity index (χ0v) is 13.6. The largest absolute Gasteiger partial charge is 0.353 e. The van der Waals surface area contributed by atoms with Crippen LogP contribution >= 0.6 is 0 Å². The molecule has 2 nitrogen and oxygen atoms in total. The van der Waals surface area contributed by atoms with Gasteiger partial charge in [0, 0.05) is 12.5 Å². The Morgan fingerprint density at radius 1 is 0.870 bits per heavy atom. The van der Waals surface area contributed by atoms with E-state index in [-0.39, 0.29) is 5.91 Å². The van der Waals surface area contributed by atoms with Crippen LogP contribution in [0.4, 0.5) is 0 Å². The summed E-state index contributed by atoms with van der Waals surface area (Å²) in [4.78, 5) is 12.1. The Bertz CT molecular complexity index is 600. The lowest BCUT2D eigenvalue weighted by molar-refractivity contribution is -0.122. The van der Waals surface area contributed by atoms with Gasteiger partial charge in [-0.05, 0) is 49.1 Å². The maximum Gasteiger partial charge on any atom is 0.220 e. The molecule has 3 rings (SSSR count). The van der Waals surface area contributed by atoms with Gasteiger partial charge in [-0.2, -0.15) is 0 Å². The Morgan fingerprint density at radius 3 is 2.13 bits per heavy atom. The molecule has 2 aromatic carbocycles. The Kier molecular flexibility index (Phi) is 5.46. The van der Waals surface area contributed by atoms with Crippen molar-refractivity contribution in [3.05, 3.63) is 71.8 Å². The van der Waals surface area contributed by atoms with Crippen molar-refractivity contribution in [2.75, 3.05) is 0 Å². The number of carbonyl (C=O) groups excluding carboxylic acids is 1. The minimum atomic E-state index is 0.192. The van der Waals surface area contributed by atoms with Crippen molar-refractivity contribution in [2.24, 2.45) is 0 Å². The molecule has 1 amide bonds. The van der Waals surface area contributed by atoms with Gasteiger partial charge < -0.3 is 5.32 Å². The Balaban J connectivity index is 1.41. The summed E-state index contributed by atoms with van der Waals surface area (Å²) in [5.41, 5.74) is 2.68. The Hall–Kier alpha value is -2.09. The first kappa shape index (κ1) is 15.8. The lowest BCUT2D eigenvalue weighted by atomic mass is 9.82. The number of benzene rings is 2. The summed E-state index contributed by atoms with van der Waals surface area (Å²) >= 11 is 0. The number of hydrogen-bond acceptors (Lipinski definition) is 1. The lowest BCUT2D eigenvalue weighted by Crippen LogP contribution is -2.37. The van der Waals surface area contributed by atoms with Gasteiger partial charge in [0.1, 0.15) is 0 Å². The number of carbonyl (C=O) groups is 1. The van der Waals surface area contributed by atoms with Crippen molar-refractivity contribution in [2.45, 2.75) is 50.5 Å². The molecule has 1 fully saturated rings. The SMILES string of the molecule is O=C(CCc1ccccc1)NC1CCC(c2ccccc2)CC1. The van der Waals surface area contributed by atoms with E-state index >= 15 is 0 Å². The van der Waals surface area contributed by atoms with E-state index in [0.29, 0.717) is 18.4 Å². The second-order valence-electron chi connectivity index (χ2n) is 6.51. The fraction of sp³-hybridized carbons (Fsp3) is 0.381. The van der Waals surface area contributed by atoms with Crippen LogP contribution < -0.4 is 5.32 Å². The summed E-state index contributed by atoms with van der Waals surface area (Å²) in [5, 5.41) is 3.22. The van der Waals surface area contributed by atoms with Crippen molar-refractivity contribution < 1.29 is 4.79 Å². The van der Waals surface area contributed by atoms with Gasteiger partial charge in [0.05, 0.1) is 0 Å². The molecule has 0 heterocycles. The molecule has 120 valence electrons. The minimum Gasteiger partial charge on any atom is -0.353 e. The summed E-state index contributed by atoms with van der Waals surface area (Å²) in [5.74, 6) is 0.852. The van der Waals surface area contributed by atoms with E-state index in [1.807, 2.05) is 18.2 Å². The van der Waals surface area contributed by atoms with Crippen molar-refractivity contribution in [3.63, 3.8) is 0 Å². The fourth-order valence-corrected chi connectivity index (χ4v) is 3.50. The van der Waals surface area contributed by atoms with Crippen LogP contribution in [0, 0.1) is 0 Å². The van der Waals surface area contributed by atoms with E-state index < -0.39 is 0 Å². The molecule has 1 N–H and O–H groups in total. The number of amides is 1. The van der Waals surface area contributed by atoms with E-state index in [1.54, 1.807) is 0 Å². The highest BCUT2D eigenvalue weighted by molar-refractivity contribution is 5.76. The molecule has 1 saturated carbocycles. The summed E-state index contributed by atoms with van der Waals surface area (Å²) in [6.07, 6.45) is 5.95. The first-order chi connectivity index (χ1) is 11.3. The second kappa shape index (κ2) is 7.96. The van der Waals surface area contributed by atoms with Gasteiger partial charge in [0.15, 0.2) is 0 Å². The molecule has 0 aliphatic heterocycles. The van der Waals surface area contributed by atoms with Crippen molar-refractivity contribution in [1.82, 2.24) is 5.32 Å². The lowest BCUT2D eigenvalue weighted by Gasteiger charge is -2.29. The van der Waals surface area contributed by atoms with E-state index in [9.17, 15) is 4.79 Å². The second-order valence-corrected chi connectivity index (χ2v) is 6.51. The molecule has 2 aromatic rings. The van der Waals surface area contributed by atoms with Crippen molar-refractivity contribution in [3.8, 4) is 0 Å². The summed E-state index contributed by atoms with van der Waals surface area (Å²) in [7, 11) is 0. The van der Waals surface area contributed by atoms with Gasteiger partial charge >= 0.3 is 0 Å². The van der Waals surface area contributed by atoms with Gasteiger partial charge in [-0.3, -0.25) is 4.79 Å². The summed E-state index contributed by atoms with van der Waals surface area (Å²) < 4.78 is 0. The van der Waals surface area contributed by atoms with E-state index in [0.717, 1.165) is 19.3 Å². The molecule has 0 aromatic heterocycles. The third-order valence-corrected chi connectivity index (χ3v) is 4.85. The van der Waals surface area contributed by atoms with E-state index in [2.05, 4.69) is 47.8 Å². The topological polar surface area (TPSA) is 29.1 Å². The van der Waals surface area contributed by atoms with Crippen LogP contribution in [-0.2, 0) is 11.2 Å². The smallest absolute Gasteiger partial charge is 0.220 e. The molecule has 0 atom stereocenters. The average Bonchev–Trinajstić information content (AvgIpc) is 2.62. The minimum absolute atomic E-state index is 0.192. The van der Waals surface area contributed by atoms with E-state index in [4.69, 9.17) is 0 Å². The van der Waals surface area contributed by atoms with Crippen LogP contribution in [0.2, 0.25) is 0 Å². The highest BCUT2D eigenvalue weighted by Crippen LogP contribution is 2.32. The Labute approximate surface area is 138 Å². The van der Waals surface area contributed by atoms with Crippen molar-refractivity contribution >= 4 is 5.91 Å². The van der Waals surface area contributed by atoms with Gasteiger partial charge in [-0.1, -0.05) is 60.7 Å². The van der Waals surface area contributed by atoms with Crippen LogP contribution in [0.5, 0.6) is 0 Å². The number of aryl methyl sites for hydroxylation is 1. The van der Waals surface area contributed by atoms with Crippen LogP contribution in [-0.4, -0.2) is 11.9 Å². The predicted octanol–water partition coefficient (Wildman–Crippen LogP) is 4.46. The summed E-state index contributed by atoms with van der Waals surface area (Å²) in [6.45, 7) is 0. The normalized spacial score (nSPS) is 20.9. The van der Waals surface area contributed by atoms with Crippen LogP contribution in [0.1, 0.15) is 49.1 Å². The molecular weight excluding hydrogens is 282 g/mol. The molecule has 0 saturated heterocycles. The third kappa shape index (κ3) is 4.69. The fourth-order valence-electron chi connectivity index (χ4n) is 3.50. The maximum absolute atomic E-state index is 12.1. The first-order valence-corrected chi connectivity index (χ1v) is 8.69.